The predicted octanol–water partition coefficient (Wildman–Crippen LogP) is 3.15. The molecular formula is C17H18N2O4S. The molecule has 0 saturated carbocycles. The summed E-state index contributed by atoms with van der Waals surface area (Å²) in [6.45, 7) is 4.24. The van der Waals surface area contributed by atoms with Gasteiger partial charge in [0.1, 0.15) is 16.4 Å². The molecule has 3 aromatic rings. The Labute approximate surface area is 142 Å². The maximum Gasteiger partial charge on any atom is 0.373 e. The third kappa shape index (κ3) is 3.26. The van der Waals surface area contributed by atoms with Crippen molar-refractivity contribution in [3.8, 4) is 0 Å². The number of hydrogen-bond donors (Lipinski definition) is 1. The zero-order valence-electron chi connectivity index (χ0n) is 13.7. The van der Waals surface area contributed by atoms with Crippen LogP contribution in [0.1, 0.15) is 41.6 Å². The smallest absolute Gasteiger partial charge is 0.373 e. The second-order valence-electron chi connectivity index (χ2n) is 5.99. The average Bonchev–Trinajstić information content (AvgIpc) is 3.14. The SMILES string of the molecule is COC(=O)c1ccc(Cc2nc3scc(CC(C)C)c3c(=O)[nH]2)o1. The van der Waals surface area contributed by atoms with Gasteiger partial charge < -0.3 is 14.1 Å². The van der Waals surface area contributed by atoms with E-state index in [1.54, 1.807) is 12.1 Å². The third-order valence-corrected chi connectivity index (χ3v) is 4.51. The van der Waals surface area contributed by atoms with Crippen molar-refractivity contribution in [2.24, 2.45) is 5.92 Å². The van der Waals surface area contributed by atoms with Crippen molar-refractivity contribution in [1.82, 2.24) is 9.97 Å². The number of aromatic nitrogens is 2. The molecule has 7 heteroatoms. The molecule has 0 unspecified atom stereocenters. The van der Waals surface area contributed by atoms with E-state index in [9.17, 15) is 9.59 Å². The van der Waals surface area contributed by atoms with Gasteiger partial charge in [0.05, 0.1) is 18.9 Å². The van der Waals surface area contributed by atoms with Gasteiger partial charge in [-0.1, -0.05) is 13.8 Å². The minimum atomic E-state index is -0.533. The number of furan rings is 1. The summed E-state index contributed by atoms with van der Waals surface area (Å²) in [5.41, 5.74) is 0.905. The van der Waals surface area contributed by atoms with Crippen LogP contribution in [0.25, 0.3) is 10.2 Å². The van der Waals surface area contributed by atoms with Crippen LogP contribution >= 0.6 is 11.3 Å². The second kappa shape index (κ2) is 6.60. The van der Waals surface area contributed by atoms with Crippen LogP contribution in [0.3, 0.4) is 0 Å². The number of esters is 1. The highest BCUT2D eigenvalue weighted by atomic mass is 32.1. The molecule has 0 bridgehead atoms. The first-order valence-electron chi connectivity index (χ1n) is 7.64. The Morgan fingerprint density at radius 2 is 2.21 bits per heavy atom. The molecule has 0 radical (unpaired) electrons. The largest absolute Gasteiger partial charge is 0.463 e. The molecule has 0 spiro atoms. The van der Waals surface area contributed by atoms with Crippen molar-refractivity contribution in [2.45, 2.75) is 26.7 Å². The summed E-state index contributed by atoms with van der Waals surface area (Å²) in [7, 11) is 1.29. The van der Waals surface area contributed by atoms with E-state index in [1.807, 2.05) is 5.38 Å². The Bertz CT molecular complexity index is 936. The van der Waals surface area contributed by atoms with Crippen LogP contribution in [0.2, 0.25) is 0 Å². The zero-order chi connectivity index (χ0) is 17.3. The standard InChI is InChI=1S/C17H18N2O4S/c1-9(2)6-10-8-24-16-14(10)15(20)18-13(19-16)7-11-4-5-12(23-11)17(21)22-3/h4-5,8-9H,6-7H2,1-3H3,(H,18,19,20). The fraction of sp³-hybridized carbons (Fsp3) is 0.353. The van der Waals surface area contributed by atoms with E-state index >= 15 is 0 Å². The molecule has 0 aliphatic carbocycles. The van der Waals surface area contributed by atoms with Crippen LogP contribution in [0.4, 0.5) is 0 Å². The van der Waals surface area contributed by atoms with E-state index in [0.29, 0.717) is 29.3 Å². The molecule has 126 valence electrons. The van der Waals surface area contributed by atoms with Crippen molar-refractivity contribution in [1.29, 1.82) is 0 Å². The molecule has 3 heterocycles. The summed E-state index contributed by atoms with van der Waals surface area (Å²) in [6.07, 6.45) is 1.16. The molecule has 0 fully saturated rings. The molecule has 0 aromatic carbocycles. The first kappa shape index (κ1) is 16.4. The van der Waals surface area contributed by atoms with Gasteiger partial charge in [0.25, 0.3) is 5.56 Å². The van der Waals surface area contributed by atoms with E-state index in [4.69, 9.17) is 4.42 Å². The minimum Gasteiger partial charge on any atom is -0.463 e. The Kier molecular flexibility index (Phi) is 4.53. The van der Waals surface area contributed by atoms with E-state index in [2.05, 4.69) is 28.6 Å². The van der Waals surface area contributed by atoms with Crippen LogP contribution in [-0.2, 0) is 17.6 Å². The van der Waals surface area contributed by atoms with E-state index in [0.717, 1.165) is 16.8 Å². The number of H-pyrrole nitrogens is 1. The molecule has 0 aliphatic heterocycles. The van der Waals surface area contributed by atoms with Crippen molar-refractivity contribution in [3.05, 3.63) is 50.8 Å². The third-order valence-electron chi connectivity index (χ3n) is 3.59. The van der Waals surface area contributed by atoms with Gasteiger partial charge in [0.15, 0.2) is 0 Å². The molecule has 24 heavy (non-hydrogen) atoms. The van der Waals surface area contributed by atoms with Crippen LogP contribution < -0.4 is 5.56 Å². The van der Waals surface area contributed by atoms with Crippen LogP contribution in [-0.4, -0.2) is 23.0 Å². The summed E-state index contributed by atoms with van der Waals surface area (Å²) in [6, 6.07) is 3.22. The number of nitrogens with one attached hydrogen (secondary N) is 1. The van der Waals surface area contributed by atoms with Crippen LogP contribution in [0.5, 0.6) is 0 Å². The number of ether oxygens (including phenoxy) is 1. The summed E-state index contributed by atoms with van der Waals surface area (Å²) in [5, 5.41) is 2.67. The summed E-state index contributed by atoms with van der Waals surface area (Å²) < 4.78 is 10.0. The van der Waals surface area contributed by atoms with Gasteiger partial charge >= 0.3 is 5.97 Å². The Hall–Kier alpha value is -2.41. The van der Waals surface area contributed by atoms with Gasteiger partial charge in [-0.15, -0.1) is 11.3 Å². The summed E-state index contributed by atoms with van der Waals surface area (Å²) >= 11 is 1.47. The Balaban J connectivity index is 1.90. The monoisotopic (exact) mass is 346 g/mol. The normalized spacial score (nSPS) is 11.3. The predicted molar refractivity (Wildman–Crippen MR) is 91.6 cm³/mol. The van der Waals surface area contributed by atoms with Crippen molar-refractivity contribution in [3.63, 3.8) is 0 Å². The fourth-order valence-electron chi connectivity index (χ4n) is 2.57. The molecule has 6 nitrogen and oxygen atoms in total. The second-order valence-corrected chi connectivity index (χ2v) is 6.84. The maximum absolute atomic E-state index is 12.4. The van der Waals surface area contributed by atoms with Gasteiger partial charge in [-0.25, -0.2) is 9.78 Å². The molecule has 3 aromatic heterocycles. The molecular weight excluding hydrogens is 328 g/mol. The quantitative estimate of drug-likeness (QED) is 0.717. The first-order valence-corrected chi connectivity index (χ1v) is 8.52. The van der Waals surface area contributed by atoms with Gasteiger partial charge in [0.2, 0.25) is 5.76 Å². The highest BCUT2D eigenvalue weighted by molar-refractivity contribution is 7.16. The number of hydrogen-bond acceptors (Lipinski definition) is 6. The number of rotatable bonds is 5. The summed E-state index contributed by atoms with van der Waals surface area (Å²) in [4.78, 5) is 31.9. The number of methoxy groups -OCH3 is 1. The lowest BCUT2D eigenvalue weighted by atomic mass is 10.0. The maximum atomic E-state index is 12.4. The minimum absolute atomic E-state index is 0.131. The van der Waals surface area contributed by atoms with Crippen molar-refractivity contribution < 1.29 is 13.9 Å². The highest BCUT2D eigenvalue weighted by Gasteiger charge is 2.15. The van der Waals surface area contributed by atoms with Gasteiger partial charge in [-0.3, -0.25) is 4.79 Å². The number of thiophene rings is 1. The lowest BCUT2D eigenvalue weighted by Crippen LogP contribution is -2.12. The first-order chi connectivity index (χ1) is 11.5. The highest BCUT2D eigenvalue weighted by Crippen LogP contribution is 2.24. The number of carbonyl (C=O) groups excluding carboxylic acids is 1. The fourth-order valence-corrected chi connectivity index (χ4v) is 3.55. The topological polar surface area (TPSA) is 85.2 Å². The van der Waals surface area contributed by atoms with E-state index < -0.39 is 5.97 Å². The number of fused-ring (bicyclic) bond motifs is 1. The summed E-state index contributed by atoms with van der Waals surface area (Å²) in [5.74, 6) is 1.12. The Morgan fingerprint density at radius 3 is 2.92 bits per heavy atom. The van der Waals surface area contributed by atoms with Crippen LogP contribution in [0.15, 0.2) is 26.7 Å². The van der Waals surface area contributed by atoms with Gasteiger partial charge in [-0.2, -0.15) is 0 Å². The van der Waals surface area contributed by atoms with E-state index in [1.165, 1.54) is 18.4 Å². The molecule has 0 aliphatic rings. The molecule has 3 rings (SSSR count). The molecule has 0 atom stereocenters. The average molecular weight is 346 g/mol. The van der Waals surface area contributed by atoms with Gasteiger partial charge in [-0.05, 0) is 35.4 Å². The number of aromatic amines is 1. The molecule has 0 saturated heterocycles. The van der Waals surface area contributed by atoms with Crippen LogP contribution in [0, 0.1) is 5.92 Å². The zero-order valence-corrected chi connectivity index (χ0v) is 14.5. The molecule has 1 N–H and O–H groups in total. The number of nitrogens with zero attached hydrogens (tertiary/aromatic N) is 1. The van der Waals surface area contributed by atoms with Crippen molar-refractivity contribution in [2.75, 3.05) is 7.11 Å². The number of carbonyl (C=O) groups is 1. The molecule has 0 amide bonds. The lowest BCUT2D eigenvalue weighted by Gasteiger charge is -2.03. The van der Waals surface area contributed by atoms with Crippen molar-refractivity contribution >= 4 is 27.5 Å². The lowest BCUT2D eigenvalue weighted by molar-refractivity contribution is 0.0563. The van der Waals surface area contributed by atoms with E-state index in [-0.39, 0.29) is 11.3 Å². The Morgan fingerprint density at radius 1 is 1.42 bits per heavy atom. The van der Waals surface area contributed by atoms with Gasteiger partial charge in [0, 0.05) is 0 Å².